The van der Waals surface area contributed by atoms with Gasteiger partial charge in [0.1, 0.15) is 0 Å². The molecule has 14 heavy (non-hydrogen) atoms. The lowest BCUT2D eigenvalue weighted by Gasteiger charge is -2.30. The van der Waals surface area contributed by atoms with Crippen LogP contribution in [0.5, 0.6) is 0 Å². The molecule has 1 fully saturated rings. The van der Waals surface area contributed by atoms with Crippen molar-refractivity contribution in [3.05, 3.63) is 0 Å². The van der Waals surface area contributed by atoms with E-state index in [1.165, 1.54) is 0 Å². The second-order valence-corrected chi connectivity index (χ2v) is 4.79. The van der Waals surface area contributed by atoms with Crippen LogP contribution in [0.4, 0.5) is 8.78 Å². The summed E-state index contributed by atoms with van der Waals surface area (Å²) in [5.41, 5.74) is 5.25. The Morgan fingerprint density at radius 1 is 1.57 bits per heavy atom. The van der Waals surface area contributed by atoms with Crippen molar-refractivity contribution in [2.24, 2.45) is 5.73 Å². The molecule has 0 aliphatic carbocycles. The molecule has 1 saturated heterocycles. The van der Waals surface area contributed by atoms with Crippen LogP contribution in [0.15, 0.2) is 0 Å². The predicted octanol–water partition coefficient (Wildman–Crippen LogP) is -0.802. The molecule has 0 amide bonds. The van der Waals surface area contributed by atoms with Crippen LogP contribution in [0.3, 0.4) is 0 Å². The Bertz CT molecular complexity index is 283. The van der Waals surface area contributed by atoms with Gasteiger partial charge in [-0.25, -0.2) is 8.42 Å². The van der Waals surface area contributed by atoms with E-state index in [1.807, 2.05) is 0 Å². The van der Waals surface area contributed by atoms with Crippen LogP contribution in [0.1, 0.15) is 0 Å². The maximum absolute atomic E-state index is 12.1. The molecule has 84 valence electrons. The number of hydrogen-bond donors (Lipinski definition) is 1. The molecule has 1 atom stereocenters. The topological polar surface area (TPSA) is 72.6 Å². The highest BCUT2D eigenvalue weighted by atomic mass is 32.2. The van der Waals surface area contributed by atoms with Gasteiger partial charge >= 0.3 is 5.76 Å². The summed E-state index contributed by atoms with van der Waals surface area (Å²) >= 11 is 0. The summed E-state index contributed by atoms with van der Waals surface area (Å²) in [5, 5.41) is 0. The Morgan fingerprint density at radius 3 is 2.71 bits per heavy atom. The van der Waals surface area contributed by atoms with Gasteiger partial charge < -0.3 is 10.5 Å². The average Bonchev–Trinajstić information content (AvgIpc) is 2.17. The second kappa shape index (κ2) is 4.47. The smallest absolute Gasteiger partial charge is 0.350 e. The summed E-state index contributed by atoms with van der Waals surface area (Å²) in [5.74, 6) is -3.38. The van der Waals surface area contributed by atoms with Gasteiger partial charge in [-0.2, -0.15) is 13.1 Å². The number of nitrogens with two attached hydrogens (primary N) is 1. The minimum absolute atomic E-state index is 0.0385. The quantitative estimate of drug-likeness (QED) is 0.688. The summed E-state index contributed by atoms with van der Waals surface area (Å²) in [7, 11) is -4.48. The van der Waals surface area contributed by atoms with Crippen LogP contribution in [-0.4, -0.2) is 50.8 Å². The Morgan fingerprint density at radius 2 is 2.21 bits per heavy atom. The Balaban J connectivity index is 2.69. The molecule has 8 heteroatoms. The van der Waals surface area contributed by atoms with E-state index < -0.39 is 21.9 Å². The summed E-state index contributed by atoms with van der Waals surface area (Å²) < 4.78 is 52.1. The van der Waals surface area contributed by atoms with E-state index in [2.05, 4.69) is 0 Å². The number of morpholine rings is 1. The van der Waals surface area contributed by atoms with E-state index in [9.17, 15) is 17.2 Å². The lowest BCUT2D eigenvalue weighted by molar-refractivity contribution is 0.00257. The highest BCUT2D eigenvalue weighted by Crippen LogP contribution is 2.15. The van der Waals surface area contributed by atoms with Gasteiger partial charge in [-0.05, 0) is 0 Å². The van der Waals surface area contributed by atoms with Crippen molar-refractivity contribution in [1.82, 2.24) is 4.31 Å². The number of ether oxygens (including phenoxy) is 1. The van der Waals surface area contributed by atoms with E-state index in [-0.39, 0.29) is 26.2 Å². The van der Waals surface area contributed by atoms with Crippen molar-refractivity contribution in [3.63, 3.8) is 0 Å². The first-order chi connectivity index (χ1) is 6.48. The van der Waals surface area contributed by atoms with Crippen LogP contribution < -0.4 is 5.73 Å². The monoisotopic (exact) mass is 230 g/mol. The van der Waals surface area contributed by atoms with Gasteiger partial charge in [0.2, 0.25) is 0 Å². The second-order valence-electron chi connectivity index (χ2n) is 2.89. The fraction of sp³-hybridized carbons (Fsp3) is 1.00. The van der Waals surface area contributed by atoms with Crippen LogP contribution in [0, 0.1) is 0 Å². The molecule has 1 rings (SSSR count). The molecule has 2 N–H and O–H groups in total. The zero-order valence-corrected chi connectivity index (χ0v) is 8.21. The highest BCUT2D eigenvalue weighted by Gasteiger charge is 2.35. The van der Waals surface area contributed by atoms with Gasteiger partial charge in [0, 0.05) is 19.6 Å². The van der Waals surface area contributed by atoms with Crippen molar-refractivity contribution >= 4 is 10.0 Å². The van der Waals surface area contributed by atoms with Gasteiger partial charge in [0.15, 0.2) is 0 Å². The van der Waals surface area contributed by atoms with Gasteiger partial charge in [0.05, 0.1) is 12.7 Å². The zero-order valence-electron chi connectivity index (χ0n) is 7.40. The van der Waals surface area contributed by atoms with Crippen LogP contribution >= 0.6 is 0 Å². The number of alkyl halides is 2. The molecule has 0 radical (unpaired) electrons. The van der Waals surface area contributed by atoms with Crippen molar-refractivity contribution in [2.45, 2.75) is 11.9 Å². The molecule has 1 aliphatic rings. The van der Waals surface area contributed by atoms with E-state index in [0.29, 0.717) is 0 Å². The third kappa shape index (κ3) is 2.38. The lowest BCUT2D eigenvalue weighted by Crippen LogP contribution is -2.49. The average molecular weight is 230 g/mol. The number of sulfonamides is 1. The number of halogens is 2. The Kier molecular flexibility index (Phi) is 3.76. The first-order valence-corrected chi connectivity index (χ1v) is 5.57. The normalized spacial score (nSPS) is 25.6. The number of rotatable bonds is 3. The minimum atomic E-state index is -4.48. The third-order valence-electron chi connectivity index (χ3n) is 1.95. The Hall–Kier alpha value is -0.310. The Labute approximate surface area is 80.9 Å². The van der Waals surface area contributed by atoms with Gasteiger partial charge in [-0.3, -0.25) is 0 Å². The summed E-state index contributed by atoms with van der Waals surface area (Å²) in [6, 6.07) is 0. The van der Waals surface area contributed by atoms with Crippen LogP contribution in [-0.2, 0) is 14.8 Å². The van der Waals surface area contributed by atoms with Crippen molar-refractivity contribution in [2.75, 3.05) is 26.2 Å². The molecule has 0 aromatic heterocycles. The standard InChI is InChI=1S/C6H12F2N2O3S/c7-6(8)14(11,12)10-1-2-13-5(3-9)4-10/h5-6H,1-4,9H2. The van der Waals surface area contributed by atoms with Crippen LogP contribution in [0.2, 0.25) is 0 Å². The maximum Gasteiger partial charge on any atom is 0.350 e. The number of hydrogen-bond acceptors (Lipinski definition) is 4. The lowest BCUT2D eigenvalue weighted by atomic mass is 10.3. The largest absolute Gasteiger partial charge is 0.374 e. The molecule has 0 aromatic carbocycles. The molecule has 0 saturated carbocycles. The predicted molar refractivity (Wildman–Crippen MR) is 45.3 cm³/mol. The van der Waals surface area contributed by atoms with Crippen LogP contribution in [0.25, 0.3) is 0 Å². The SMILES string of the molecule is NCC1CN(S(=O)(=O)C(F)F)CCO1. The van der Waals surface area contributed by atoms with Gasteiger partial charge in [0.25, 0.3) is 10.0 Å². The molecule has 0 aromatic rings. The highest BCUT2D eigenvalue weighted by molar-refractivity contribution is 7.89. The molecule has 1 aliphatic heterocycles. The fourth-order valence-electron chi connectivity index (χ4n) is 1.18. The third-order valence-corrected chi connectivity index (χ3v) is 3.45. The molecule has 5 nitrogen and oxygen atoms in total. The molecule has 0 spiro atoms. The van der Waals surface area contributed by atoms with Gasteiger partial charge in [-0.1, -0.05) is 0 Å². The first-order valence-electron chi connectivity index (χ1n) is 4.07. The molecule has 0 bridgehead atoms. The van der Waals surface area contributed by atoms with Crippen molar-refractivity contribution in [1.29, 1.82) is 0 Å². The first kappa shape index (κ1) is 11.8. The van der Waals surface area contributed by atoms with E-state index in [0.717, 1.165) is 4.31 Å². The zero-order chi connectivity index (χ0) is 10.8. The van der Waals surface area contributed by atoms with Crippen molar-refractivity contribution < 1.29 is 21.9 Å². The summed E-state index contributed by atoms with van der Waals surface area (Å²) in [4.78, 5) is 0. The van der Waals surface area contributed by atoms with E-state index in [1.54, 1.807) is 0 Å². The molecule has 1 heterocycles. The van der Waals surface area contributed by atoms with Gasteiger partial charge in [-0.15, -0.1) is 0 Å². The van der Waals surface area contributed by atoms with Crippen molar-refractivity contribution in [3.8, 4) is 0 Å². The number of nitrogens with zero attached hydrogens (tertiary/aromatic N) is 1. The summed E-state index contributed by atoms with van der Waals surface area (Å²) in [6.07, 6.45) is -0.489. The van der Waals surface area contributed by atoms with E-state index >= 15 is 0 Å². The summed E-state index contributed by atoms with van der Waals surface area (Å²) in [6.45, 7) is 0.0927. The fourth-order valence-corrected chi connectivity index (χ4v) is 2.11. The molecular weight excluding hydrogens is 218 g/mol. The molecule has 1 unspecified atom stereocenters. The maximum atomic E-state index is 12.1. The molecular formula is C6H12F2N2O3S. The van der Waals surface area contributed by atoms with E-state index in [4.69, 9.17) is 10.5 Å². The minimum Gasteiger partial charge on any atom is -0.374 e.